The van der Waals surface area contributed by atoms with Crippen molar-refractivity contribution in [1.29, 1.82) is 0 Å². The molecule has 0 aliphatic rings. The fourth-order valence-electron chi connectivity index (χ4n) is 1.31. The lowest BCUT2D eigenvalue weighted by Crippen LogP contribution is -2.14. The molecule has 4 heteroatoms. The predicted molar refractivity (Wildman–Crippen MR) is 49.2 cm³/mol. The van der Waals surface area contributed by atoms with Crippen LogP contribution in [0.25, 0.3) is 10.9 Å². The smallest absolute Gasteiger partial charge is 0.329 e. The molecule has 1 aromatic carbocycles. The zero-order valence-electron chi connectivity index (χ0n) is 7.53. The molecule has 0 N–H and O–H groups in total. The Morgan fingerprint density at radius 3 is 2.93 bits per heavy atom. The van der Waals surface area contributed by atoms with E-state index < -0.39 is 5.97 Å². The van der Waals surface area contributed by atoms with Gasteiger partial charge in [-0.15, -0.1) is 0 Å². The minimum atomic E-state index is -0.410. The number of fused-ring (bicyclic) bond motifs is 1. The molecule has 0 aliphatic heterocycles. The van der Waals surface area contributed by atoms with Crippen LogP contribution in [0.15, 0.2) is 30.5 Å². The molecule has 3 nitrogen and oxygen atoms in total. The number of benzene rings is 1. The second kappa shape index (κ2) is 3.14. The summed E-state index contributed by atoms with van der Waals surface area (Å²) >= 11 is 0. The van der Waals surface area contributed by atoms with E-state index in [9.17, 15) is 9.18 Å². The first-order chi connectivity index (χ1) is 6.66. The Labute approximate surface area is 79.7 Å². The maximum absolute atomic E-state index is 12.8. The standard InChI is InChI=1S/C10H8FNO2/c1-7(13)14-12-5-4-8-6-9(11)2-3-10(8)12/h2-6H,1H3. The highest BCUT2D eigenvalue weighted by Gasteiger charge is 2.04. The number of carbonyl (C=O) groups is 1. The van der Waals surface area contributed by atoms with E-state index in [1.165, 1.54) is 23.8 Å². The van der Waals surface area contributed by atoms with Gasteiger partial charge in [-0.05, 0) is 24.3 Å². The fraction of sp³-hybridized carbons (Fsp3) is 0.100. The second-order valence-electron chi connectivity index (χ2n) is 2.93. The largest absolute Gasteiger partial charge is 0.337 e. The number of hydrogen-bond acceptors (Lipinski definition) is 2. The van der Waals surface area contributed by atoms with Crippen LogP contribution in [0.2, 0.25) is 0 Å². The maximum Gasteiger partial charge on any atom is 0.329 e. The lowest BCUT2D eigenvalue weighted by atomic mass is 10.2. The third-order valence-electron chi connectivity index (χ3n) is 1.84. The van der Waals surface area contributed by atoms with Crippen LogP contribution in [-0.2, 0) is 4.79 Å². The average molecular weight is 193 g/mol. The summed E-state index contributed by atoms with van der Waals surface area (Å²) in [5.41, 5.74) is 0.668. The van der Waals surface area contributed by atoms with Gasteiger partial charge in [-0.25, -0.2) is 9.18 Å². The molecule has 0 atom stereocenters. The van der Waals surface area contributed by atoms with Gasteiger partial charge in [-0.2, -0.15) is 4.73 Å². The van der Waals surface area contributed by atoms with Crippen molar-refractivity contribution in [2.45, 2.75) is 6.92 Å². The number of aromatic nitrogens is 1. The van der Waals surface area contributed by atoms with Gasteiger partial charge >= 0.3 is 5.97 Å². The van der Waals surface area contributed by atoms with Crippen molar-refractivity contribution in [2.24, 2.45) is 0 Å². The summed E-state index contributed by atoms with van der Waals surface area (Å²) < 4.78 is 14.1. The number of hydrogen-bond donors (Lipinski definition) is 0. The average Bonchev–Trinajstić information content (AvgIpc) is 2.47. The van der Waals surface area contributed by atoms with Crippen molar-refractivity contribution >= 4 is 16.9 Å². The molecule has 1 heterocycles. The van der Waals surface area contributed by atoms with Crippen LogP contribution in [0.1, 0.15) is 6.92 Å². The summed E-state index contributed by atoms with van der Waals surface area (Å²) in [5, 5.41) is 0.700. The summed E-state index contributed by atoms with van der Waals surface area (Å²) in [7, 11) is 0. The molecule has 0 saturated heterocycles. The zero-order chi connectivity index (χ0) is 10.1. The van der Waals surface area contributed by atoms with Gasteiger partial charge in [0.1, 0.15) is 5.82 Å². The van der Waals surface area contributed by atoms with Crippen molar-refractivity contribution < 1.29 is 14.0 Å². The van der Waals surface area contributed by atoms with Gasteiger partial charge in [0.25, 0.3) is 0 Å². The Morgan fingerprint density at radius 1 is 1.43 bits per heavy atom. The van der Waals surface area contributed by atoms with Gasteiger partial charge in [0.2, 0.25) is 0 Å². The van der Waals surface area contributed by atoms with Crippen LogP contribution in [0.5, 0.6) is 0 Å². The minimum absolute atomic E-state index is 0.307. The third-order valence-corrected chi connectivity index (χ3v) is 1.84. The van der Waals surface area contributed by atoms with Crippen molar-refractivity contribution in [1.82, 2.24) is 4.73 Å². The first-order valence-corrected chi connectivity index (χ1v) is 4.12. The van der Waals surface area contributed by atoms with Crippen molar-refractivity contribution in [3.05, 3.63) is 36.3 Å². The first-order valence-electron chi connectivity index (χ1n) is 4.12. The fourth-order valence-corrected chi connectivity index (χ4v) is 1.31. The van der Waals surface area contributed by atoms with E-state index in [2.05, 4.69) is 0 Å². The van der Waals surface area contributed by atoms with E-state index in [-0.39, 0.29) is 5.82 Å². The third kappa shape index (κ3) is 1.46. The van der Waals surface area contributed by atoms with E-state index in [1.54, 1.807) is 18.3 Å². The Bertz CT molecular complexity index is 490. The minimum Gasteiger partial charge on any atom is -0.337 e. The molecule has 0 amide bonds. The molecule has 0 aliphatic carbocycles. The highest BCUT2D eigenvalue weighted by atomic mass is 19.1. The summed E-state index contributed by atoms with van der Waals surface area (Å²) in [5.74, 6) is -0.718. The van der Waals surface area contributed by atoms with E-state index in [1.807, 2.05) is 0 Å². The molecule has 72 valence electrons. The first kappa shape index (κ1) is 8.74. The van der Waals surface area contributed by atoms with Crippen LogP contribution < -0.4 is 4.84 Å². The Balaban J connectivity index is 2.52. The van der Waals surface area contributed by atoms with Crippen LogP contribution in [0.3, 0.4) is 0 Å². The van der Waals surface area contributed by atoms with Gasteiger partial charge in [0.05, 0.1) is 5.52 Å². The molecular formula is C10H8FNO2. The van der Waals surface area contributed by atoms with E-state index in [0.29, 0.717) is 10.9 Å². The Kier molecular flexibility index (Phi) is 1.96. The van der Waals surface area contributed by atoms with Crippen LogP contribution >= 0.6 is 0 Å². The van der Waals surface area contributed by atoms with Crippen LogP contribution in [0.4, 0.5) is 4.39 Å². The number of rotatable bonds is 1. The number of nitrogens with zero attached hydrogens (tertiary/aromatic N) is 1. The lowest BCUT2D eigenvalue weighted by Gasteiger charge is -2.02. The van der Waals surface area contributed by atoms with Crippen LogP contribution in [-0.4, -0.2) is 10.7 Å². The topological polar surface area (TPSA) is 31.2 Å². The van der Waals surface area contributed by atoms with E-state index in [4.69, 9.17) is 4.84 Å². The molecule has 0 bridgehead atoms. The maximum atomic E-state index is 12.8. The SMILES string of the molecule is CC(=O)On1ccc2cc(F)ccc21. The van der Waals surface area contributed by atoms with Crippen LogP contribution in [0, 0.1) is 5.82 Å². The monoisotopic (exact) mass is 193 g/mol. The van der Waals surface area contributed by atoms with Gasteiger partial charge in [-0.3, -0.25) is 0 Å². The predicted octanol–water partition coefficient (Wildman–Crippen LogP) is 1.76. The lowest BCUT2D eigenvalue weighted by molar-refractivity contribution is -0.140. The van der Waals surface area contributed by atoms with Gasteiger partial charge in [-0.1, -0.05) is 0 Å². The molecule has 0 spiro atoms. The molecule has 2 rings (SSSR count). The van der Waals surface area contributed by atoms with Gasteiger partial charge in [0, 0.05) is 18.5 Å². The Morgan fingerprint density at radius 2 is 2.21 bits per heavy atom. The van der Waals surface area contributed by atoms with Gasteiger partial charge < -0.3 is 4.84 Å². The Hall–Kier alpha value is -1.84. The molecule has 2 aromatic rings. The summed E-state index contributed by atoms with van der Waals surface area (Å²) in [6.45, 7) is 1.31. The zero-order valence-corrected chi connectivity index (χ0v) is 7.53. The molecule has 14 heavy (non-hydrogen) atoms. The number of halogens is 1. The summed E-state index contributed by atoms with van der Waals surface area (Å²) in [4.78, 5) is 15.6. The highest BCUT2D eigenvalue weighted by Crippen LogP contribution is 2.15. The van der Waals surface area contributed by atoms with E-state index >= 15 is 0 Å². The molecule has 0 fully saturated rings. The quantitative estimate of drug-likeness (QED) is 0.691. The highest BCUT2D eigenvalue weighted by molar-refractivity contribution is 5.80. The normalized spacial score (nSPS) is 10.4. The summed E-state index contributed by atoms with van der Waals surface area (Å²) in [6, 6.07) is 5.95. The molecular weight excluding hydrogens is 185 g/mol. The molecule has 0 unspecified atom stereocenters. The van der Waals surface area contributed by atoms with E-state index in [0.717, 1.165) is 0 Å². The summed E-state index contributed by atoms with van der Waals surface area (Å²) in [6.07, 6.45) is 1.57. The van der Waals surface area contributed by atoms with Crippen molar-refractivity contribution in [3.63, 3.8) is 0 Å². The molecule has 0 saturated carbocycles. The van der Waals surface area contributed by atoms with Crippen molar-refractivity contribution in [2.75, 3.05) is 0 Å². The van der Waals surface area contributed by atoms with Gasteiger partial charge in [0.15, 0.2) is 0 Å². The second-order valence-corrected chi connectivity index (χ2v) is 2.93. The molecule has 0 radical (unpaired) electrons. The number of carbonyl (C=O) groups excluding carboxylic acids is 1. The molecule has 1 aromatic heterocycles. The van der Waals surface area contributed by atoms with Crippen molar-refractivity contribution in [3.8, 4) is 0 Å².